The first-order valence-electron chi connectivity index (χ1n) is 9.33. The number of aryl methyl sites for hydroxylation is 1. The molecule has 0 aliphatic heterocycles. The second kappa shape index (κ2) is 11.8. The van der Waals surface area contributed by atoms with Gasteiger partial charge in [0.25, 0.3) is 0 Å². The molecule has 0 saturated carbocycles. The van der Waals surface area contributed by atoms with Crippen molar-refractivity contribution >= 4 is 41.3 Å². The molecule has 2 heterocycles. The zero-order chi connectivity index (χ0) is 20.6. The highest BCUT2D eigenvalue weighted by molar-refractivity contribution is 14.0. The normalized spacial score (nSPS) is 12.2. The van der Waals surface area contributed by atoms with E-state index in [0.29, 0.717) is 31.3 Å². The topological polar surface area (TPSA) is 76.4 Å². The summed E-state index contributed by atoms with van der Waals surface area (Å²) in [6, 6.07) is 10.1. The number of hydrogen-bond donors (Lipinski definition) is 2. The summed E-state index contributed by atoms with van der Waals surface area (Å²) in [6.07, 6.45) is -0.133. The minimum absolute atomic E-state index is 0. The molecule has 1 aromatic carbocycles. The molecule has 10 heteroatoms. The van der Waals surface area contributed by atoms with Crippen molar-refractivity contribution < 1.29 is 9.13 Å². The molecule has 3 aromatic rings. The zero-order valence-corrected chi connectivity index (χ0v) is 20.3. The molecule has 3 rings (SSSR count). The molecule has 0 saturated heterocycles. The smallest absolute Gasteiger partial charge is 0.192 e. The molecule has 0 aliphatic rings. The molecule has 0 bridgehead atoms. The van der Waals surface area contributed by atoms with Gasteiger partial charge in [-0.3, -0.25) is 0 Å². The van der Waals surface area contributed by atoms with Gasteiger partial charge in [0.1, 0.15) is 30.0 Å². The fourth-order valence-electron chi connectivity index (χ4n) is 2.52. The van der Waals surface area contributed by atoms with Gasteiger partial charge in [-0.1, -0.05) is 6.07 Å². The second-order valence-corrected chi connectivity index (χ2v) is 7.62. The molecule has 0 spiro atoms. The zero-order valence-electron chi connectivity index (χ0n) is 17.1. The van der Waals surface area contributed by atoms with Gasteiger partial charge in [0.05, 0.1) is 13.1 Å². The average molecular weight is 544 g/mol. The van der Waals surface area contributed by atoms with E-state index in [-0.39, 0.29) is 35.9 Å². The number of hydrogen-bond acceptors (Lipinski definition) is 5. The van der Waals surface area contributed by atoms with Crippen molar-refractivity contribution in [1.82, 2.24) is 25.4 Å². The lowest BCUT2D eigenvalue weighted by molar-refractivity contribution is 0.223. The monoisotopic (exact) mass is 544 g/mol. The van der Waals surface area contributed by atoms with E-state index in [1.54, 1.807) is 23.5 Å². The van der Waals surface area contributed by atoms with Crippen LogP contribution in [0.1, 0.15) is 23.4 Å². The SMILES string of the molecule is Cc1nnc(CN=C(NCc2cccs2)NCC(C)Oc2ccc(F)cc2)n1C.I. The van der Waals surface area contributed by atoms with Crippen LogP contribution in [0.15, 0.2) is 46.8 Å². The van der Waals surface area contributed by atoms with E-state index in [1.165, 1.54) is 17.0 Å². The Balaban J connectivity index is 0.00000320. The lowest BCUT2D eigenvalue weighted by Gasteiger charge is -2.18. The summed E-state index contributed by atoms with van der Waals surface area (Å²) in [5, 5.41) is 16.9. The van der Waals surface area contributed by atoms with Gasteiger partial charge in [-0.15, -0.1) is 45.5 Å². The van der Waals surface area contributed by atoms with E-state index >= 15 is 0 Å². The van der Waals surface area contributed by atoms with Crippen molar-refractivity contribution in [3.63, 3.8) is 0 Å². The molecule has 0 amide bonds. The van der Waals surface area contributed by atoms with Crippen LogP contribution in [0.25, 0.3) is 0 Å². The van der Waals surface area contributed by atoms with Crippen molar-refractivity contribution in [3.05, 3.63) is 64.1 Å². The number of ether oxygens (including phenoxy) is 1. The average Bonchev–Trinajstić information content (AvgIpc) is 3.34. The molecule has 2 N–H and O–H groups in total. The van der Waals surface area contributed by atoms with E-state index in [2.05, 4.69) is 31.9 Å². The maximum absolute atomic E-state index is 13.0. The van der Waals surface area contributed by atoms with Crippen molar-refractivity contribution in [3.8, 4) is 5.75 Å². The summed E-state index contributed by atoms with van der Waals surface area (Å²) in [5.74, 6) is 2.64. The Morgan fingerprint density at radius 2 is 2.00 bits per heavy atom. The molecule has 7 nitrogen and oxygen atoms in total. The third-order valence-corrected chi connectivity index (χ3v) is 5.16. The van der Waals surface area contributed by atoms with Crippen molar-refractivity contribution in [2.75, 3.05) is 6.54 Å². The molecule has 1 unspecified atom stereocenters. The third kappa shape index (κ3) is 7.24. The lowest BCUT2D eigenvalue weighted by atomic mass is 10.3. The van der Waals surface area contributed by atoms with Gasteiger partial charge in [-0.25, -0.2) is 9.38 Å². The van der Waals surface area contributed by atoms with Crippen LogP contribution in [0, 0.1) is 12.7 Å². The molecule has 30 heavy (non-hydrogen) atoms. The summed E-state index contributed by atoms with van der Waals surface area (Å²) < 4.78 is 20.8. The third-order valence-electron chi connectivity index (χ3n) is 4.28. The summed E-state index contributed by atoms with van der Waals surface area (Å²) in [6.45, 7) is 5.46. The Kier molecular flexibility index (Phi) is 9.50. The number of rotatable bonds is 8. The largest absolute Gasteiger partial charge is 0.489 e. The predicted octanol–water partition coefficient (Wildman–Crippen LogP) is 3.65. The number of nitrogens with one attached hydrogen (secondary N) is 2. The standard InChI is InChI=1S/C20H25FN6OS.HI/c1-14(28-17-8-6-16(21)7-9-17)11-22-20(23-12-18-5-4-10-29-18)24-13-19-26-25-15(2)27(19)3;/h4-10,14H,11-13H2,1-3H3,(H2,22,23,24);1H. The minimum atomic E-state index is -0.283. The Morgan fingerprint density at radius 3 is 2.63 bits per heavy atom. The Hall–Kier alpha value is -2.21. The van der Waals surface area contributed by atoms with Crippen LogP contribution in [0.5, 0.6) is 5.75 Å². The molecule has 0 radical (unpaired) electrons. The highest BCUT2D eigenvalue weighted by atomic mass is 127. The van der Waals surface area contributed by atoms with Gasteiger partial charge >= 0.3 is 0 Å². The first kappa shape index (κ1) is 24.1. The summed E-state index contributed by atoms with van der Waals surface area (Å²) in [5.41, 5.74) is 0. The van der Waals surface area contributed by atoms with E-state index in [0.717, 1.165) is 11.6 Å². The second-order valence-electron chi connectivity index (χ2n) is 6.58. The van der Waals surface area contributed by atoms with E-state index < -0.39 is 0 Å². The Bertz CT molecular complexity index is 929. The maximum Gasteiger partial charge on any atom is 0.192 e. The number of guanidine groups is 1. The van der Waals surface area contributed by atoms with Crippen LogP contribution in [0.4, 0.5) is 4.39 Å². The van der Waals surface area contributed by atoms with E-state index in [9.17, 15) is 4.39 Å². The van der Waals surface area contributed by atoms with Crippen LogP contribution >= 0.6 is 35.3 Å². The quantitative estimate of drug-likeness (QED) is 0.257. The number of aromatic nitrogens is 3. The van der Waals surface area contributed by atoms with Gasteiger partial charge in [0, 0.05) is 11.9 Å². The summed E-state index contributed by atoms with van der Waals surface area (Å²) in [7, 11) is 1.92. The van der Waals surface area contributed by atoms with Crippen molar-refractivity contribution in [2.45, 2.75) is 33.0 Å². The van der Waals surface area contributed by atoms with E-state index in [1.807, 2.05) is 36.9 Å². The van der Waals surface area contributed by atoms with Gasteiger partial charge in [0.15, 0.2) is 11.8 Å². The first-order chi connectivity index (χ1) is 14.0. The van der Waals surface area contributed by atoms with Gasteiger partial charge in [-0.2, -0.15) is 0 Å². The minimum Gasteiger partial charge on any atom is -0.489 e. The van der Waals surface area contributed by atoms with Crippen molar-refractivity contribution in [2.24, 2.45) is 12.0 Å². The van der Waals surface area contributed by atoms with Crippen LogP contribution in [-0.2, 0) is 20.1 Å². The summed E-state index contributed by atoms with van der Waals surface area (Å²) >= 11 is 1.69. The molecule has 0 aliphatic carbocycles. The predicted molar refractivity (Wildman–Crippen MR) is 128 cm³/mol. The first-order valence-corrected chi connectivity index (χ1v) is 10.2. The number of nitrogens with zero attached hydrogens (tertiary/aromatic N) is 4. The Labute approximate surface area is 196 Å². The van der Waals surface area contributed by atoms with Gasteiger partial charge in [-0.05, 0) is 49.6 Å². The number of halogens is 2. The van der Waals surface area contributed by atoms with Crippen LogP contribution < -0.4 is 15.4 Å². The van der Waals surface area contributed by atoms with Gasteiger partial charge in [0.2, 0.25) is 0 Å². The molecule has 0 fully saturated rings. The van der Waals surface area contributed by atoms with Crippen LogP contribution in [0.3, 0.4) is 0 Å². The highest BCUT2D eigenvalue weighted by Crippen LogP contribution is 2.12. The highest BCUT2D eigenvalue weighted by Gasteiger charge is 2.09. The fourth-order valence-corrected chi connectivity index (χ4v) is 3.17. The number of aliphatic imine (C=N–C) groups is 1. The lowest BCUT2D eigenvalue weighted by Crippen LogP contribution is -2.41. The van der Waals surface area contributed by atoms with Crippen LogP contribution in [0.2, 0.25) is 0 Å². The molecule has 2 aromatic heterocycles. The number of thiophene rings is 1. The molecule has 162 valence electrons. The molecular weight excluding hydrogens is 518 g/mol. The van der Waals surface area contributed by atoms with Crippen molar-refractivity contribution in [1.29, 1.82) is 0 Å². The number of benzene rings is 1. The Morgan fingerprint density at radius 1 is 1.23 bits per heavy atom. The van der Waals surface area contributed by atoms with Crippen LogP contribution in [-0.4, -0.2) is 33.4 Å². The molecule has 1 atom stereocenters. The molecular formula is C20H26FIN6OS. The summed E-state index contributed by atoms with van der Waals surface area (Å²) in [4.78, 5) is 5.84. The van der Waals surface area contributed by atoms with E-state index in [4.69, 9.17) is 4.74 Å². The van der Waals surface area contributed by atoms with Gasteiger partial charge < -0.3 is 19.9 Å². The fraction of sp³-hybridized carbons (Fsp3) is 0.350. The maximum atomic E-state index is 13.0.